The van der Waals surface area contributed by atoms with Crippen LogP contribution in [0.25, 0.3) is 0 Å². The van der Waals surface area contributed by atoms with Crippen molar-refractivity contribution in [2.75, 3.05) is 0 Å². The van der Waals surface area contributed by atoms with Crippen molar-refractivity contribution in [1.82, 2.24) is 0 Å². The summed E-state index contributed by atoms with van der Waals surface area (Å²) in [5.41, 5.74) is 0. The van der Waals surface area contributed by atoms with Gasteiger partial charge in [0.05, 0.1) is 31.3 Å². The zero-order chi connectivity index (χ0) is 15.4. The van der Waals surface area contributed by atoms with Crippen LogP contribution in [0.15, 0.2) is 0 Å². The molecule has 0 bridgehead atoms. The number of hydrogen-bond donors (Lipinski definition) is 0. The Hall–Kier alpha value is 13.6. The van der Waals surface area contributed by atoms with Crippen LogP contribution < -0.4 is 450 Å². The maximum atomic E-state index is 9.32. The minimum absolute atomic E-state index is 0. The van der Waals surface area contributed by atoms with E-state index in [1.807, 2.05) is 0 Å². The summed E-state index contributed by atoms with van der Waals surface area (Å²) in [6, 6.07) is 0. The molecule has 26 heavy (non-hydrogen) atoms. The first-order chi connectivity index (χ1) is 7.41. The average molecular weight is 661 g/mol. The van der Waals surface area contributed by atoms with Gasteiger partial charge in [-0.05, 0) is 0 Å². The molecule has 0 aliphatic rings. The molecule has 14 nitrogen and oxygen atoms in total. The van der Waals surface area contributed by atoms with E-state index in [1.54, 1.807) is 0 Å². The molecule has 0 unspecified atom stereocenters. The summed E-state index contributed by atoms with van der Waals surface area (Å²) in [6.07, 6.45) is 0. The van der Waals surface area contributed by atoms with Gasteiger partial charge < -0.3 is 66.0 Å². The Morgan fingerprint density at radius 3 is 0.423 bits per heavy atom. The van der Waals surface area contributed by atoms with Crippen molar-refractivity contribution >= 4 is 31.3 Å². The van der Waals surface area contributed by atoms with Crippen molar-refractivity contribution < 1.29 is 477 Å². The maximum absolute atomic E-state index is 9.32. The van der Waals surface area contributed by atoms with Crippen LogP contribution in [0.2, 0.25) is 0 Å². The second-order valence-corrected chi connectivity index (χ2v) is 6.84. The molecule has 0 N–H and O–H groups in total. The van der Waals surface area contributed by atoms with E-state index in [9.17, 15) is 57.4 Å². The molecule has 0 aromatic heterocycles. The molecule has 0 atom stereocenters. The van der Waals surface area contributed by atoms with Gasteiger partial charge in [-0.15, -0.1) is 0 Å². The Balaban J connectivity index is -0.0000000188. The summed E-state index contributed by atoms with van der Waals surface area (Å²) in [5, 5.41) is 0. The molecule has 0 fully saturated rings. The van der Waals surface area contributed by atoms with Crippen LogP contribution in [-0.2, 0) is 26.9 Å². The smallest absolute Gasteiger partial charge is 0.790 e. The Morgan fingerprint density at radius 1 is 0.346 bits per heavy atom. The third kappa shape index (κ3) is 76.9. The number of hydrogen-bond acceptors (Lipinski definition) is 14. The van der Waals surface area contributed by atoms with Crippen molar-refractivity contribution in [2.24, 2.45) is 0 Å². The molecule has 0 radical (unpaired) electrons. The second kappa shape index (κ2) is 34.8. The third-order valence-electron chi connectivity index (χ3n) is 0.400. The average Bonchev–Trinajstić information content (AvgIpc) is 1.64. The molecular formula is K8O14P4. The molecule has 0 aromatic rings. The summed E-state index contributed by atoms with van der Waals surface area (Å²) in [7, 11) is -22.7. The van der Waals surface area contributed by atoms with Crippen molar-refractivity contribution in [3.63, 3.8) is 0 Å². The standard InChI is InChI=1S/8K.2H4O7P2/c;;;;;;;;2*1-8(2,3)7-9(4,5)6/h;;;;;;;;2*(H2,1,2,3)(H2,4,5,6)/q8*+1;;/p-8. The first-order valence-corrected chi connectivity index (χ1v) is 8.76. The molecular weight excluding hydrogens is 661 g/mol. The van der Waals surface area contributed by atoms with Gasteiger partial charge >= 0.3 is 411 Å². The first kappa shape index (κ1) is 67.3. The Morgan fingerprint density at radius 2 is 0.423 bits per heavy atom. The third-order valence-corrected chi connectivity index (χ3v) is 3.60. The topological polar surface area (TPSA) is 271 Å². The molecule has 0 rings (SSSR count). The van der Waals surface area contributed by atoms with E-state index in [4.69, 9.17) is 0 Å². The van der Waals surface area contributed by atoms with Crippen LogP contribution in [-0.4, -0.2) is 0 Å². The zero-order valence-corrected chi connectivity index (χ0v) is 44.1. The minimum Gasteiger partial charge on any atom is -0.790 e. The molecule has 0 heterocycles. The summed E-state index contributed by atoms with van der Waals surface area (Å²) in [4.78, 5) is 74.6. The van der Waals surface area contributed by atoms with Gasteiger partial charge in [-0.3, -0.25) is 0 Å². The Kier molecular flexibility index (Phi) is 90.2. The summed E-state index contributed by atoms with van der Waals surface area (Å²) < 4.78 is 42.3. The maximum Gasteiger partial charge on any atom is 1.00 e. The summed E-state index contributed by atoms with van der Waals surface area (Å²) in [5.74, 6) is 0. The van der Waals surface area contributed by atoms with E-state index >= 15 is 0 Å². The monoisotopic (exact) mass is 660 g/mol. The molecule has 0 saturated heterocycles. The minimum atomic E-state index is -5.68. The first-order valence-electron chi connectivity index (χ1n) is 2.92. The molecule has 0 aliphatic carbocycles. The van der Waals surface area contributed by atoms with Crippen LogP contribution in [0.5, 0.6) is 0 Å². The van der Waals surface area contributed by atoms with Gasteiger partial charge in [0.1, 0.15) is 0 Å². The van der Waals surface area contributed by atoms with Crippen LogP contribution >= 0.6 is 31.3 Å². The van der Waals surface area contributed by atoms with Crippen LogP contribution in [0.4, 0.5) is 0 Å². The van der Waals surface area contributed by atoms with Gasteiger partial charge in [0.2, 0.25) is 0 Å². The van der Waals surface area contributed by atoms with Gasteiger partial charge in [0, 0.05) is 0 Å². The Bertz CT molecular complexity index is 360. The van der Waals surface area contributed by atoms with Gasteiger partial charge in [0.15, 0.2) is 0 Å². The molecule has 0 aromatic carbocycles. The van der Waals surface area contributed by atoms with Gasteiger partial charge in [-0.2, -0.15) is 0 Å². The van der Waals surface area contributed by atoms with E-state index in [2.05, 4.69) is 8.62 Å². The summed E-state index contributed by atoms with van der Waals surface area (Å²) in [6.45, 7) is 0. The van der Waals surface area contributed by atoms with Crippen molar-refractivity contribution in [3.8, 4) is 0 Å². The van der Waals surface area contributed by atoms with Crippen molar-refractivity contribution in [3.05, 3.63) is 0 Å². The fourth-order valence-corrected chi connectivity index (χ4v) is 2.20. The van der Waals surface area contributed by atoms with Gasteiger partial charge in [0.25, 0.3) is 0 Å². The molecule has 0 aliphatic heterocycles. The predicted molar refractivity (Wildman–Crippen MR) is 32.6 cm³/mol. The Labute approximate surface area is 490 Å². The van der Waals surface area contributed by atoms with E-state index in [-0.39, 0.29) is 411 Å². The number of rotatable bonds is 4. The van der Waals surface area contributed by atoms with Crippen molar-refractivity contribution in [1.29, 1.82) is 0 Å². The molecule has 0 saturated carbocycles. The quantitative estimate of drug-likeness (QED) is 0.200. The van der Waals surface area contributed by atoms with E-state index in [0.717, 1.165) is 0 Å². The largest absolute Gasteiger partial charge is 1.00 e. The van der Waals surface area contributed by atoms with Crippen LogP contribution in [0.1, 0.15) is 0 Å². The van der Waals surface area contributed by atoms with E-state index < -0.39 is 31.3 Å². The normalized spacial score (nSPS) is 9.54. The van der Waals surface area contributed by atoms with E-state index in [1.165, 1.54) is 0 Å². The van der Waals surface area contributed by atoms with Gasteiger partial charge in [-0.25, -0.2) is 0 Å². The number of phosphoric acid groups is 4. The van der Waals surface area contributed by atoms with Crippen LogP contribution in [0, 0.1) is 0 Å². The fraction of sp³-hybridized carbons (Fsp3) is 0. The second-order valence-electron chi connectivity index (χ2n) is 1.95. The molecule has 26 heteroatoms. The van der Waals surface area contributed by atoms with Crippen LogP contribution in [0.3, 0.4) is 0 Å². The van der Waals surface area contributed by atoms with Crippen molar-refractivity contribution in [2.45, 2.75) is 0 Å². The molecule has 112 valence electrons. The summed E-state index contributed by atoms with van der Waals surface area (Å²) >= 11 is 0. The predicted octanol–water partition coefficient (Wildman–Crippen LogP) is -30.6. The molecule has 0 amide bonds. The molecule has 0 spiro atoms. The SMILES string of the molecule is O=P([O-])([O-])OP(=O)([O-])[O-].O=P([O-])([O-])OP(=O)([O-])[O-].[K+].[K+].[K+].[K+].[K+].[K+].[K+].[K+]. The fourth-order valence-electron chi connectivity index (χ4n) is 0.245. The zero-order valence-electron chi connectivity index (χ0n) is 15.5. The van der Waals surface area contributed by atoms with Gasteiger partial charge in [-0.1, -0.05) is 0 Å². The van der Waals surface area contributed by atoms with E-state index in [0.29, 0.717) is 0 Å².